The van der Waals surface area contributed by atoms with E-state index < -0.39 is 18.4 Å². The summed E-state index contributed by atoms with van der Waals surface area (Å²) in [6.45, 7) is 3.56. The van der Waals surface area contributed by atoms with Crippen molar-refractivity contribution in [3.05, 3.63) is 78.0 Å². The lowest BCUT2D eigenvalue weighted by atomic mass is 10.0. The molecular formula is C27H23F3NO5-. The third kappa shape index (κ3) is 5.40. The number of hydrogen-bond donors (Lipinski definition) is 0. The van der Waals surface area contributed by atoms with Gasteiger partial charge in [0, 0.05) is 29.3 Å². The predicted molar refractivity (Wildman–Crippen MR) is 126 cm³/mol. The van der Waals surface area contributed by atoms with Gasteiger partial charge in [0.15, 0.2) is 0 Å². The van der Waals surface area contributed by atoms with Crippen LogP contribution in [-0.4, -0.2) is 30.1 Å². The summed E-state index contributed by atoms with van der Waals surface area (Å²) in [6.07, 6.45) is -5.96. The molecule has 3 aromatic carbocycles. The molecule has 0 N–H and O–H groups in total. The molecule has 0 saturated heterocycles. The third-order valence-electron chi connectivity index (χ3n) is 5.79. The zero-order chi connectivity index (χ0) is 26.0. The summed E-state index contributed by atoms with van der Waals surface area (Å²) in [7, 11) is 1.57. The van der Waals surface area contributed by atoms with Gasteiger partial charge in [0.1, 0.15) is 23.4 Å². The van der Waals surface area contributed by atoms with Crippen LogP contribution in [0.1, 0.15) is 18.2 Å². The standard InChI is InChI=1S/C27H24F3NO5/c1-16-25(19-7-9-20(34-3)10-8-19)23-12-11-22(36-27(28,29)30)14-24(23)31(16)15-18-5-4-6-21(13-18)35-17(2)26(32)33/h4-14,17H,15H2,1-3H3,(H,32,33)/p-1/t17-/m0/s1. The van der Waals surface area contributed by atoms with Gasteiger partial charge in [0.25, 0.3) is 0 Å². The molecule has 1 heterocycles. The predicted octanol–water partition coefficient (Wildman–Crippen LogP) is 5.09. The Kier molecular flexibility index (Phi) is 6.83. The number of aliphatic carboxylic acids is 1. The molecular weight excluding hydrogens is 475 g/mol. The monoisotopic (exact) mass is 498 g/mol. The lowest BCUT2D eigenvalue weighted by molar-refractivity contribution is -0.312. The molecule has 0 aliphatic rings. The molecule has 4 aromatic rings. The lowest BCUT2D eigenvalue weighted by Crippen LogP contribution is -2.37. The van der Waals surface area contributed by atoms with Crippen molar-refractivity contribution in [2.45, 2.75) is 32.9 Å². The van der Waals surface area contributed by atoms with Crippen LogP contribution >= 0.6 is 0 Å². The van der Waals surface area contributed by atoms with E-state index in [0.29, 0.717) is 23.6 Å². The minimum Gasteiger partial charge on any atom is -0.546 e. The van der Waals surface area contributed by atoms with E-state index in [1.807, 2.05) is 41.8 Å². The van der Waals surface area contributed by atoms with Crippen LogP contribution in [0.5, 0.6) is 17.2 Å². The maximum Gasteiger partial charge on any atom is 0.573 e. The van der Waals surface area contributed by atoms with Crippen LogP contribution in [0.3, 0.4) is 0 Å². The first-order valence-electron chi connectivity index (χ1n) is 11.0. The Balaban J connectivity index is 1.81. The number of hydrogen-bond acceptors (Lipinski definition) is 5. The SMILES string of the molecule is COc1ccc(-c2c(C)n(Cc3cccc(O[C@@H](C)C(=O)[O-])c3)c3cc(OC(F)(F)F)ccc23)cc1. The highest BCUT2D eigenvalue weighted by molar-refractivity contribution is 5.98. The van der Waals surface area contributed by atoms with Crippen LogP contribution < -0.4 is 19.3 Å². The van der Waals surface area contributed by atoms with E-state index in [0.717, 1.165) is 27.8 Å². The number of halogens is 3. The highest BCUT2D eigenvalue weighted by atomic mass is 19.4. The van der Waals surface area contributed by atoms with Gasteiger partial charge in [-0.3, -0.25) is 0 Å². The zero-order valence-corrected chi connectivity index (χ0v) is 19.8. The van der Waals surface area contributed by atoms with Gasteiger partial charge in [-0.25, -0.2) is 0 Å². The number of carbonyl (C=O) groups is 1. The van der Waals surface area contributed by atoms with E-state index in [1.165, 1.54) is 19.1 Å². The zero-order valence-electron chi connectivity index (χ0n) is 19.8. The number of methoxy groups -OCH3 is 1. The largest absolute Gasteiger partial charge is 0.573 e. The fraction of sp³-hybridized carbons (Fsp3) is 0.222. The number of nitrogens with zero attached hydrogens (tertiary/aromatic N) is 1. The second-order valence-electron chi connectivity index (χ2n) is 8.23. The van der Waals surface area contributed by atoms with E-state index in [-0.39, 0.29) is 5.75 Å². The Morgan fingerprint density at radius 3 is 2.33 bits per heavy atom. The topological polar surface area (TPSA) is 72.8 Å². The van der Waals surface area contributed by atoms with Crippen molar-refractivity contribution < 1.29 is 37.3 Å². The van der Waals surface area contributed by atoms with Gasteiger partial charge in [0.2, 0.25) is 0 Å². The molecule has 6 nitrogen and oxygen atoms in total. The van der Waals surface area contributed by atoms with Gasteiger partial charge < -0.3 is 28.7 Å². The summed E-state index contributed by atoms with van der Waals surface area (Å²) in [5, 5.41) is 11.8. The number of carbonyl (C=O) groups excluding carboxylic acids is 1. The van der Waals surface area contributed by atoms with Gasteiger partial charge in [-0.15, -0.1) is 13.2 Å². The minimum absolute atomic E-state index is 0.296. The van der Waals surface area contributed by atoms with E-state index in [9.17, 15) is 23.1 Å². The average Bonchev–Trinajstić information content (AvgIpc) is 3.09. The Morgan fingerprint density at radius 1 is 1.00 bits per heavy atom. The molecule has 0 fully saturated rings. The number of carboxylic acid groups (broad SMARTS) is 1. The molecule has 0 amide bonds. The normalized spacial score (nSPS) is 12.4. The van der Waals surface area contributed by atoms with Gasteiger partial charge in [0.05, 0.1) is 18.6 Å². The lowest BCUT2D eigenvalue weighted by Gasteiger charge is -2.16. The van der Waals surface area contributed by atoms with Crippen LogP contribution in [0.2, 0.25) is 0 Å². The van der Waals surface area contributed by atoms with E-state index in [1.54, 1.807) is 31.4 Å². The fourth-order valence-corrected chi connectivity index (χ4v) is 4.13. The first-order valence-corrected chi connectivity index (χ1v) is 11.0. The molecule has 0 saturated carbocycles. The minimum atomic E-state index is -4.82. The van der Waals surface area contributed by atoms with Crippen LogP contribution in [-0.2, 0) is 11.3 Å². The average molecular weight is 498 g/mol. The van der Waals surface area contributed by atoms with Gasteiger partial charge in [-0.1, -0.05) is 24.3 Å². The molecule has 0 radical (unpaired) electrons. The number of ether oxygens (including phenoxy) is 3. The Morgan fingerprint density at radius 2 is 1.69 bits per heavy atom. The summed E-state index contributed by atoms with van der Waals surface area (Å²) in [5.41, 5.74) is 3.88. The second kappa shape index (κ2) is 9.85. The van der Waals surface area contributed by atoms with Gasteiger partial charge in [-0.2, -0.15) is 0 Å². The summed E-state index contributed by atoms with van der Waals surface area (Å²) < 4.78 is 55.5. The summed E-state index contributed by atoms with van der Waals surface area (Å²) in [5.74, 6) is -0.637. The van der Waals surface area contributed by atoms with Crippen molar-refractivity contribution in [3.8, 4) is 28.4 Å². The van der Waals surface area contributed by atoms with E-state index >= 15 is 0 Å². The highest BCUT2D eigenvalue weighted by Gasteiger charge is 2.31. The van der Waals surface area contributed by atoms with Crippen molar-refractivity contribution in [2.75, 3.05) is 7.11 Å². The van der Waals surface area contributed by atoms with Crippen molar-refractivity contribution in [1.29, 1.82) is 0 Å². The Bertz CT molecular complexity index is 1390. The molecule has 0 unspecified atom stereocenters. The fourth-order valence-electron chi connectivity index (χ4n) is 4.13. The van der Waals surface area contributed by atoms with Crippen molar-refractivity contribution in [1.82, 2.24) is 4.57 Å². The smallest absolute Gasteiger partial charge is 0.546 e. The third-order valence-corrected chi connectivity index (χ3v) is 5.79. The van der Waals surface area contributed by atoms with E-state index in [4.69, 9.17) is 9.47 Å². The number of alkyl halides is 3. The molecule has 1 aromatic heterocycles. The molecule has 0 bridgehead atoms. The molecule has 0 aliphatic heterocycles. The number of benzene rings is 3. The molecule has 1 atom stereocenters. The molecule has 188 valence electrons. The Hall–Kier alpha value is -4.14. The summed E-state index contributed by atoms with van der Waals surface area (Å²) in [6, 6.07) is 18.5. The van der Waals surface area contributed by atoms with Gasteiger partial charge >= 0.3 is 6.36 Å². The number of carboxylic acids is 1. The maximum absolute atomic E-state index is 12.9. The molecule has 0 spiro atoms. The highest BCUT2D eigenvalue weighted by Crippen LogP contribution is 2.38. The number of aromatic nitrogens is 1. The van der Waals surface area contributed by atoms with Crippen LogP contribution in [0.25, 0.3) is 22.0 Å². The van der Waals surface area contributed by atoms with Crippen molar-refractivity contribution in [3.63, 3.8) is 0 Å². The second-order valence-corrected chi connectivity index (χ2v) is 8.23. The Labute approximate surface area is 205 Å². The van der Waals surface area contributed by atoms with Gasteiger partial charge in [-0.05, 0) is 61.4 Å². The number of fused-ring (bicyclic) bond motifs is 1. The summed E-state index contributed by atoms with van der Waals surface area (Å²) in [4.78, 5) is 11.0. The van der Waals surface area contributed by atoms with Crippen LogP contribution in [0, 0.1) is 6.92 Å². The first kappa shape index (κ1) is 25.0. The first-order chi connectivity index (χ1) is 17.1. The van der Waals surface area contributed by atoms with Crippen LogP contribution in [0.4, 0.5) is 13.2 Å². The van der Waals surface area contributed by atoms with Crippen molar-refractivity contribution in [2.24, 2.45) is 0 Å². The van der Waals surface area contributed by atoms with Crippen LogP contribution in [0.15, 0.2) is 66.7 Å². The molecule has 0 aliphatic carbocycles. The molecule has 4 rings (SSSR count). The number of rotatable bonds is 8. The molecule has 36 heavy (non-hydrogen) atoms. The van der Waals surface area contributed by atoms with E-state index in [2.05, 4.69) is 4.74 Å². The maximum atomic E-state index is 12.9. The molecule has 9 heteroatoms. The van der Waals surface area contributed by atoms with Crippen molar-refractivity contribution >= 4 is 16.9 Å². The quantitative estimate of drug-likeness (QED) is 0.339. The summed E-state index contributed by atoms with van der Waals surface area (Å²) >= 11 is 0.